The van der Waals surface area contributed by atoms with Crippen LogP contribution in [0.1, 0.15) is 147 Å². The van der Waals surface area contributed by atoms with E-state index < -0.39 is 8.32 Å². The number of carbonyl (C=O) groups excluding carboxylic acids is 2. The highest BCUT2D eigenvalue weighted by Gasteiger charge is 2.60. The van der Waals surface area contributed by atoms with Crippen LogP contribution in [0.25, 0.3) is 0 Å². The maximum atomic E-state index is 12.0. The van der Waals surface area contributed by atoms with Gasteiger partial charge in [-0.3, -0.25) is 9.59 Å². The number of alkyl halides is 2. The molecule has 0 aromatic heterocycles. The summed E-state index contributed by atoms with van der Waals surface area (Å²) < 4.78 is 6.68. The number of hydrogen-bond donors (Lipinski definition) is 1. The first-order chi connectivity index (χ1) is 27.1. The van der Waals surface area contributed by atoms with Gasteiger partial charge in [-0.25, -0.2) is 0 Å². The molecule has 0 saturated heterocycles. The van der Waals surface area contributed by atoms with E-state index in [2.05, 4.69) is 99.7 Å². The molecule has 0 aromatic carbocycles. The molecule has 8 rings (SSSR count). The van der Waals surface area contributed by atoms with E-state index in [-0.39, 0.29) is 28.6 Å². The van der Waals surface area contributed by atoms with Crippen LogP contribution in [0.3, 0.4) is 0 Å². The second-order valence-corrected chi connectivity index (χ2v) is 28.6. The minimum atomic E-state index is -1.69. The molecule has 4 nitrogen and oxygen atoms in total. The maximum absolute atomic E-state index is 12.0. The van der Waals surface area contributed by atoms with E-state index in [0.29, 0.717) is 70.4 Å². The summed E-state index contributed by atoms with van der Waals surface area (Å²) in [6.45, 7) is 27.7. The van der Waals surface area contributed by atoms with Crippen LogP contribution in [0.15, 0.2) is 47.6 Å². The molecular formula is C52H84Cl2O4Si. The molecule has 4 saturated carbocycles. The molecule has 0 spiro atoms. The van der Waals surface area contributed by atoms with Gasteiger partial charge in [-0.2, -0.15) is 0 Å². The molecule has 8 aliphatic rings. The summed E-state index contributed by atoms with van der Waals surface area (Å²) in [7, 11) is -1.69. The highest BCUT2D eigenvalue weighted by molar-refractivity contribution is 6.74. The second kappa shape index (κ2) is 18.2. The molecule has 0 heterocycles. The van der Waals surface area contributed by atoms with Crippen LogP contribution in [0.5, 0.6) is 0 Å². The van der Waals surface area contributed by atoms with Gasteiger partial charge in [-0.1, -0.05) is 94.0 Å². The SMILES string of the molecule is C.C[C@H](CO)C1CCC2C3C=CC4=CC(=O)CC[C@]4(C)C3CC[C@@]21C.C[C@H](CO[Si](C)(C)C(C)(C)C)C1CCC2C3C=CC4=CC(=O)CC[C@]4(C)C3CC[C@@]21C.ClCCl. The molecule has 8 unspecified atom stereocenters. The lowest BCUT2D eigenvalue weighted by Gasteiger charge is -2.56. The van der Waals surface area contributed by atoms with Crippen LogP contribution >= 0.6 is 23.2 Å². The lowest BCUT2D eigenvalue weighted by Crippen LogP contribution is -2.50. The van der Waals surface area contributed by atoms with Crippen molar-refractivity contribution in [3.8, 4) is 0 Å². The average Bonchev–Trinajstić information content (AvgIpc) is 3.71. The molecule has 0 aromatic rings. The third-order valence-electron chi connectivity index (χ3n) is 19.4. The smallest absolute Gasteiger partial charge is 0.191 e. The van der Waals surface area contributed by atoms with E-state index >= 15 is 0 Å². The van der Waals surface area contributed by atoms with Crippen molar-refractivity contribution >= 4 is 43.1 Å². The zero-order valence-electron chi connectivity index (χ0n) is 38.3. The minimum absolute atomic E-state index is 0. The van der Waals surface area contributed by atoms with Crippen LogP contribution in [0.4, 0.5) is 0 Å². The van der Waals surface area contributed by atoms with Gasteiger partial charge in [0.25, 0.3) is 0 Å². The number of carbonyl (C=O) groups is 2. The molecule has 0 radical (unpaired) electrons. The number of halogens is 2. The predicted molar refractivity (Wildman–Crippen MR) is 252 cm³/mol. The summed E-state index contributed by atoms with van der Waals surface area (Å²) in [6.07, 6.45) is 27.6. The lowest BCUT2D eigenvalue weighted by atomic mass is 9.48. The Hall–Kier alpha value is -0.983. The van der Waals surface area contributed by atoms with E-state index in [1.807, 2.05) is 12.2 Å². The Morgan fingerprint density at radius 1 is 0.712 bits per heavy atom. The molecule has 7 heteroatoms. The summed E-state index contributed by atoms with van der Waals surface area (Å²) in [5.74, 6) is 7.43. The number of rotatable bonds is 6. The van der Waals surface area contributed by atoms with E-state index in [9.17, 15) is 14.7 Å². The van der Waals surface area contributed by atoms with Crippen molar-refractivity contribution in [1.82, 2.24) is 0 Å². The minimum Gasteiger partial charge on any atom is -0.417 e. The first-order valence-corrected chi connectivity index (χ1v) is 27.3. The van der Waals surface area contributed by atoms with Crippen molar-refractivity contribution in [3.05, 3.63) is 47.6 Å². The largest absolute Gasteiger partial charge is 0.417 e. The number of ketones is 2. The van der Waals surface area contributed by atoms with Gasteiger partial charge in [-0.05, 0) is 186 Å². The monoisotopic (exact) mass is 871 g/mol. The van der Waals surface area contributed by atoms with Crippen molar-refractivity contribution < 1.29 is 19.1 Å². The zero-order valence-corrected chi connectivity index (χ0v) is 40.8. The molecule has 0 amide bonds. The zero-order chi connectivity index (χ0) is 42.6. The Bertz CT molecular complexity index is 1660. The fourth-order valence-electron chi connectivity index (χ4n) is 14.7. The van der Waals surface area contributed by atoms with Crippen LogP contribution in [-0.2, 0) is 14.0 Å². The molecule has 59 heavy (non-hydrogen) atoms. The summed E-state index contributed by atoms with van der Waals surface area (Å²) in [5.41, 5.74) is 3.85. The van der Waals surface area contributed by atoms with Crippen LogP contribution in [0.2, 0.25) is 18.1 Å². The van der Waals surface area contributed by atoms with E-state index in [1.54, 1.807) is 0 Å². The van der Waals surface area contributed by atoms with Gasteiger partial charge in [0.15, 0.2) is 19.9 Å². The van der Waals surface area contributed by atoms with Crippen LogP contribution in [0, 0.1) is 80.8 Å². The van der Waals surface area contributed by atoms with Crippen molar-refractivity contribution in [2.45, 2.75) is 165 Å². The third-order valence-corrected chi connectivity index (χ3v) is 23.9. The Balaban J connectivity index is 0.000000212. The van der Waals surface area contributed by atoms with Crippen molar-refractivity contribution in [1.29, 1.82) is 0 Å². The normalized spacial score (nSPS) is 41.7. The van der Waals surface area contributed by atoms with Gasteiger partial charge in [0.1, 0.15) is 0 Å². The fraction of sp³-hybridized carbons (Fsp3) is 0.808. The number of aliphatic hydroxyl groups excluding tert-OH is 1. The Morgan fingerprint density at radius 2 is 1.12 bits per heavy atom. The fourth-order valence-corrected chi connectivity index (χ4v) is 15.9. The van der Waals surface area contributed by atoms with Crippen LogP contribution < -0.4 is 0 Å². The van der Waals surface area contributed by atoms with E-state index in [1.165, 1.54) is 62.5 Å². The molecule has 0 aliphatic heterocycles. The maximum Gasteiger partial charge on any atom is 0.191 e. The summed E-state index contributed by atoms with van der Waals surface area (Å²) in [6, 6.07) is 0. The van der Waals surface area contributed by atoms with Gasteiger partial charge >= 0.3 is 0 Å². The average molecular weight is 872 g/mol. The van der Waals surface area contributed by atoms with Gasteiger partial charge in [-0.15, -0.1) is 23.2 Å². The molecule has 1 N–H and O–H groups in total. The molecule has 0 bridgehead atoms. The number of aliphatic hydroxyl groups is 1. The van der Waals surface area contributed by atoms with Gasteiger partial charge in [0, 0.05) is 26.1 Å². The molecular weight excluding hydrogens is 788 g/mol. The first-order valence-electron chi connectivity index (χ1n) is 23.3. The Labute approximate surface area is 372 Å². The van der Waals surface area contributed by atoms with Crippen molar-refractivity contribution in [2.75, 3.05) is 18.6 Å². The second-order valence-electron chi connectivity index (χ2n) is 23.0. The summed E-state index contributed by atoms with van der Waals surface area (Å²) in [4.78, 5) is 23.9. The highest BCUT2D eigenvalue weighted by Crippen LogP contribution is 2.68. The van der Waals surface area contributed by atoms with Gasteiger partial charge in [0.2, 0.25) is 0 Å². The van der Waals surface area contributed by atoms with Crippen molar-refractivity contribution in [2.24, 2.45) is 80.8 Å². The molecule has 4 fully saturated rings. The molecule has 14 atom stereocenters. The predicted octanol–water partition coefficient (Wildman–Crippen LogP) is 14.2. The quantitative estimate of drug-likeness (QED) is 0.213. The number of allylic oxidation sites excluding steroid dienone is 8. The topological polar surface area (TPSA) is 63.6 Å². The van der Waals surface area contributed by atoms with Gasteiger partial charge in [0.05, 0.1) is 5.34 Å². The summed E-state index contributed by atoms with van der Waals surface area (Å²) in [5, 5.41) is 10.2. The highest BCUT2D eigenvalue weighted by atomic mass is 35.5. The Morgan fingerprint density at radius 3 is 1.51 bits per heavy atom. The van der Waals surface area contributed by atoms with Crippen LogP contribution in [-0.4, -0.2) is 43.5 Å². The number of hydrogen-bond acceptors (Lipinski definition) is 4. The van der Waals surface area contributed by atoms with Crippen molar-refractivity contribution in [3.63, 3.8) is 0 Å². The van der Waals surface area contributed by atoms with E-state index in [4.69, 9.17) is 27.6 Å². The Kier molecular flexibility index (Phi) is 15.2. The third kappa shape index (κ3) is 8.80. The number of fused-ring (bicyclic) bond motifs is 10. The lowest BCUT2D eigenvalue weighted by molar-refractivity contribution is -0.117. The first kappa shape index (κ1) is 49.0. The van der Waals surface area contributed by atoms with Gasteiger partial charge < -0.3 is 9.53 Å². The summed E-state index contributed by atoms with van der Waals surface area (Å²) >= 11 is 9.53. The molecule has 8 aliphatic carbocycles. The standard InChI is InChI=1S/C28H46O2Si.C22H32O2.CH2Cl2.CH4/c1-19(18-30-31(7,8)26(2,3)4)23-11-12-24-22-10-9-20-17-21(29)13-15-27(20,5)25(22)14-16-28(23,24)6;1-14(13-23)18-6-7-19-17-5-4-15-12-16(24)8-10-21(15,2)20(17)9-11-22(18,19)3;2-1-3;/h9-10,17,19,22-25H,11-16,18H2,1-8H3;4-5,12,14,17-20,23H,6-11,13H2,1-3H3;1H2;1H4/t19-,22?,23?,24?,25?,27+,28-;14-,17?,18?,19?,20?,21+,22-;;/m11../s1. The molecule has 334 valence electrons. The van der Waals surface area contributed by atoms with E-state index in [0.717, 1.165) is 50.0 Å².